The van der Waals surface area contributed by atoms with Crippen LogP contribution in [-0.4, -0.2) is 0 Å². The van der Waals surface area contributed by atoms with Crippen molar-refractivity contribution in [3.8, 4) is 0 Å². The molecule has 0 saturated heterocycles. The van der Waals surface area contributed by atoms with Crippen molar-refractivity contribution in [2.24, 2.45) is 17.8 Å². The lowest BCUT2D eigenvalue weighted by Gasteiger charge is -2.23. The predicted molar refractivity (Wildman–Crippen MR) is 61.8 cm³/mol. The van der Waals surface area contributed by atoms with E-state index in [1.54, 1.807) is 0 Å². The normalized spacial score (nSPS) is 15.8. The second-order valence-corrected chi connectivity index (χ2v) is 4.45. The Bertz CT molecular complexity index is 124. The fraction of sp³-hybridized carbons (Fsp3) is 0.846. The van der Waals surface area contributed by atoms with Gasteiger partial charge >= 0.3 is 0 Å². The zero-order valence-electron chi connectivity index (χ0n) is 9.84. The summed E-state index contributed by atoms with van der Waals surface area (Å²) in [5.41, 5.74) is 0. The zero-order chi connectivity index (χ0) is 10.3. The Morgan fingerprint density at radius 3 is 2.08 bits per heavy atom. The third kappa shape index (κ3) is 5.13. The van der Waals surface area contributed by atoms with Gasteiger partial charge in [-0.25, -0.2) is 0 Å². The lowest BCUT2D eigenvalue weighted by molar-refractivity contribution is 0.284. The van der Waals surface area contributed by atoms with E-state index in [9.17, 15) is 0 Å². The van der Waals surface area contributed by atoms with E-state index in [2.05, 4.69) is 40.3 Å². The van der Waals surface area contributed by atoms with Gasteiger partial charge in [-0.2, -0.15) is 0 Å². The Hall–Kier alpha value is -0.260. The van der Waals surface area contributed by atoms with Crippen LogP contribution in [0.25, 0.3) is 0 Å². The summed E-state index contributed by atoms with van der Waals surface area (Å²) in [6, 6.07) is 0. The summed E-state index contributed by atoms with van der Waals surface area (Å²) in [6.45, 7) is 13.1. The Morgan fingerprint density at radius 2 is 1.77 bits per heavy atom. The maximum absolute atomic E-state index is 3.83. The first-order valence-electron chi connectivity index (χ1n) is 5.76. The van der Waals surface area contributed by atoms with E-state index in [-0.39, 0.29) is 0 Å². The molecule has 0 aliphatic rings. The van der Waals surface area contributed by atoms with Crippen LogP contribution in [0.1, 0.15) is 53.4 Å². The first-order chi connectivity index (χ1) is 6.15. The monoisotopic (exact) mass is 182 g/mol. The van der Waals surface area contributed by atoms with Gasteiger partial charge in [-0.15, -0.1) is 6.58 Å². The van der Waals surface area contributed by atoms with Gasteiger partial charge in [-0.3, -0.25) is 0 Å². The van der Waals surface area contributed by atoms with Crippen molar-refractivity contribution in [3.63, 3.8) is 0 Å². The van der Waals surface area contributed by atoms with Crippen molar-refractivity contribution < 1.29 is 0 Å². The minimum atomic E-state index is 0.837. The number of hydrogen-bond donors (Lipinski definition) is 0. The summed E-state index contributed by atoms with van der Waals surface area (Å²) in [5, 5.41) is 0. The Balaban J connectivity index is 3.94. The maximum Gasteiger partial charge on any atom is -0.0325 e. The fourth-order valence-electron chi connectivity index (χ4n) is 2.00. The van der Waals surface area contributed by atoms with Crippen LogP contribution in [0, 0.1) is 17.8 Å². The molecule has 0 rings (SSSR count). The summed E-state index contributed by atoms with van der Waals surface area (Å²) >= 11 is 0. The van der Waals surface area contributed by atoms with Gasteiger partial charge in [0.05, 0.1) is 0 Å². The predicted octanol–water partition coefficient (Wildman–Crippen LogP) is 4.66. The summed E-state index contributed by atoms with van der Waals surface area (Å²) in [5.74, 6) is 2.61. The van der Waals surface area contributed by atoms with Gasteiger partial charge in [-0.05, 0) is 30.6 Å². The van der Waals surface area contributed by atoms with Crippen molar-refractivity contribution in [2.45, 2.75) is 53.4 Å². The minimum absolute atomic E-state index is 0.837. The molecule has 2 unspecified atom stereocenters. The van der Waals surface area contributed by atoms with E-state index in [0.717, 1.165) is 17.8 Å². The van der Waals surface area contributed by atoms with Gasteiger partial charge in [0.25, 0.3) is 0 Å². The van der Waals surface area contributed by atoms with Gasteiger partial charge in [0.1, 0.15) is 0 Å². The number of rotatable bonds is 7. The molecular formula is C13H26. The second-order valence-electron chi connectivity index (χ2n) is 4.45. The third-order valence-corrected chi connectivity index (χ3v) is 3.18. The van der Waals surface area contributed by atoms with Crippen LogP contribution in [0.4, 0.5) is 0 Å². The molecule has 2 atom stereocenters. The fourth-order valence-corrected chi connectivity index (χ4v) is 2.00. The van der Waals surface area contributed by atoms with Crippen molar-refractivity contribution in [2.75, 3.05) is 0 Å². The molecule has 0 aliphatic heterocycles. The van der Waals surface area contributed by atoms with Gasteiger partial charge in [0.15, 0.2) is 0 Å². The van der Waals surface area contributed by atoms with E-state index < -0.39 is 0 Å². The molecule has 13 heavy (non-hydrogen) atoms. The Morgan fingerprint density at radius 1 is 1.15 bits per heavy atom. The van der Waals surface area contributed by atoms with Gasteiger partial charge < -0.3 is 0 Å². The first-order valence-corrected chi connectivity index (χ1v) is 5.76. The van der Waals surface area contributed by atoms with Crippen LogP contribution >= 0.6 is 0 Å². The van der Waals surface area contributed by atoms with Crippen LogP contribution in [0.2, 0.25) is 0 Å². The average molecular weight is 182 g/mol. The molecule has 0 nitrogen and oxygen atoms in total. The largest absolute Gasteiger partial charge is 0.103 e. The molecule has 0 aromatic carbocycles. The van der Waals surface area contributed by atoms with Gasteiger partial charge in [0, 0.05) is 0 Å². The second kappa shape index (κ2) is 7.17. The molecule has 0 radical (unpaired) electrons. The lowest BCUT2D eigenvalue weighted by Crippen LogP contribution is -2.12. The molecule has 0 bridgehead atoms. The Kier molecular flexibility index (Phi) is 7.03. The quantitative estimate of drug-likeness (QED) is 0.502. The highest BCUT2D eigenvalue weighted by Crippen LogP contribution is 2.27. The van der Waals surface area contributed by atoms with Crippen molar-refractivity contribution in [1.82, 2.24) is 0 Å². The summed E-state index contributed by atoms with van der Waals surface area (Å²) in [4.78, 5) is 0. The van der Waals surface area contributed by atoms with E-state index in [1.807, 2.05) is 0 Å². The minimum Gasteiger partial charge on any atom is -0.103 e. The van der Waals surface area contributed by atoms with E-state index >= 15 is 0 Å². The van der Waals surface area contributed by atoms with Crippen LogP contribution < -0.4 is 0 Å². The molecule has 0 amide bonds. The van der Waals surface area contributed by atoms with Crippen LogP contribution in [0.3, 0.4) is 0 Å². The molecular weight excluding hydrogens is 156 g/mol. The highest BCUT2D eigenvalue weighted by Gasteiger charge is 2.15. The van der Waals surface area contributed by atoms with E-state index in [4.69, 9.17) is 0 Å². The summed E-state index contributed by atoms with van der Waals surface area (Å²) in [7, 11) is 0. The van der Waals surface area contributed by atoms with Crippen LogP contribution in [0.5, 0.6) is 0 Å². The summed E-state index contributed by atoms with van der Waals surface area (Å²) in [6.07, 6.45) is 7.28. The molecule has 0 heteroatoms. The molecule has 0 spiro atoms. The highest BCUT2D eigenvalue weighted by atomic mass is 14.2. The van der Waals surface area contributed by atoms with Crippen molar-refractivity contribution in [3.05, 3.63) is 12.7 Å². The van der Waals surface area contributed by atoms with E-state index in [1.165, 1.54) is 25.7 Å². The van der Waals surface area contributed by atoms with Gasteiger partial charge in [0.2, 0.25) is 0 Å². The summed E-state index contributed by atoms with van der Waals surface area (Å²) < 4.78 is 0. The standard InChI is InChI=1S/C13H26/c1-6-9-12(7-2)10-13(8-3)11(4)5/h6,11-13H,1,7-10H2,2-5H3. The molecule has 0 saturated carbocycles. The molecule has 0 N–H and O–H groups in total. The number of allylic oxidation sites excluding steroid dienone is 1. The molecule has 0 aliphatic carbocycles. The molecule has 0 aromatic rings. The Labute approximate surface area is 84.4 Å². The van der Waals surface area contributed by atoms with Crippen molar-refractivity contribution in [1.29, 1.82) is 0 Å². The SMILES string of the molecule is C=CCC(CC)CC(CC)C(C)C. The zero-order valence-corrected chi connectivity index (χ0v) is 9.84. The highest BCUT2D eigenvalue weighted by molar-refractivity contribution is 4.75. The van der Waals surface area contributed by atoms with Gasteiger partial charge in [-0.1, -0.05) is 46.6 Å². The van der Waals surface area contributed by atoms with E-state index in [0.29, 0.717) is 0 Å². The molecule has 0 aromatic heterocycles. The number of hydrogen-bond acceptors (Lipinski definition) is 0. The smallest absolute Gasteiger partial charge is 0.0325 e. The molecule has 0 fully saturated rings. The topological polar surface area (TPSA) is 0 Å². The maximum atomic E-state index is 3.83. The third-order valence-electron chi connectivity index (χ3n) is 3.18. The molecule has 0 heterocycles. The van der Waals surface area contributed by atoms with Crippen molar-refractivity contribution >= 4 is 0 Å². The first kappa shape index (κ1) is 12.7. The van der Waals surface area contributed by atoms with Crippen LogP contribution in [0.15, 0.2) is 12.7 Å². The average Bonchev–Trinajstić information content (AvgIpc) is 2.11. The van der Waals surface area contributed by atoms with Crippen LogP contribution in [-0.2, 0) is 0 Å². The molecule has 78 valence electrons. The lowest BCUT2D eigenvalue weighted by atomic mass is 9.82.